The van der Waals surface area contributed by atoms with Crippen molar-refractivity contribution in [3.63, 3.8) is 0 Å². The third-order valence-electron chi connectivity index (χ3n) is 4.37. The van der Waals surface area contributed by atoms with E-state index in [0.29, 0.717) is 36.2 Å². The quantitative estimate of drug-likeness (QED) is 0.519. The standard InChI is InChI=1S/C18H27N3O6S/c1-12-13(10-28(5,25)26)14(6-7-15(12)21(23)24)19-11-18(8-9-18)27-16(22)20-17(2,3)4/h6-7,19H,8-11H2,1-5H3,(H,20,22). The fraction of sp³-hybridized carbons (Fsp3) is 0.611. The monoisotopic (exact) mass is 413 g/mol. The van der Waals surface area contributed by atoms with Crippen molar-refractivity contribution in [3.8, 4) is 0 Å². The van der Waals surface area contributed by atoms with Crippen LogP contribution in [0.4, 0.5) is 16.2 Å². The van der Waals surface area contributed by atoms with Gasteiger partial charge in [0.15, 0.2) is 9.84 Å². The van der Waals surface area contributed by atoms with Crippen LogP contribution in [0.3, 0.4) is 0 Å². The van der Waals surface area contributed by atoms with Crippen LogP contribution in [0, 0.1) is 17.0 Å². The number of hydrogen-bond acceptors (Lipinski definition) is 7. The van der Waals surface area contributed by atoms with Gasteiger partial charge in [-0.15, -0.1) is 0 Å². The van der Waals surface area contributed by atoms with Crippen molar-refractivity contribution in [2.24, 2.45) is 0 Å². The summed E-state index contributed by atoms with van der Waals surface area (Å²) in [6.07, 6.45) is 1.94. The van der Waals surface area contributed by atoms with Gasteiger partial charge in [-0.3, -0.25) is 10.1 Å². The van der Waals surface area contributed by atoms with Crippen LogP contribution in [0.25, 0.3) is 0 Å². The number of nitrogens with zero attached hydrogens (tertiary/aromatic N) is 1. The first-order chi connectivity index (χ1) is 12.7. The molecule has 2 rings (SSSR count). The molecular weight excluding hydrogens is 386 g/mol. The van der Waals surface area contributed by atoms with E-state index in [0.717, 1.165) is 6.26 Å². The van der Waals surface area contributed by atoms with Crippen molar-refractivity contribution in [1.82, 2.24) is 5.32 Å². The maximum Gasteiger partial charge on any atom is 0.408 e. The van der Waals surface area contributed by atoms with Gasteiger partial charge in [0.1, 0.15) is 5.60 Å². The molecule has 2 N–H and O–H groups in total. The van der Waals surface area contributed by atoms with Gasteiger partial charge < -0.3 is 15.4 Å². The zero-order chi connectivity index (χ0) is 21.3. The Morgan fingerprint density at radius 2 is 1.93 bits per heavy atom. The van der Waals surface area contributed by atoms with Gasteiger partial charge in [-0.25, -0.2) is 13.2 Å². The van der Waals surface area contributed by atoms with Crippen LogP contribution in [0.1, 0.15) is 44.7 Å². The Bertz CT molecular complexity index is 885. The molecule has 0 aliphatic heterocycles. The molecule has 0 unspecified atom stereocenters. The number of hydrogen-bond donors (Lipinski definition) is 2. The molecule has 1 amide bonds. The SMILES string of the molecule is Cc1c([N+](=O)[O-])ccc(NCC2(OC(=O)NC(C)(C)C)CC2)c1CS(C)(=O)=O. The maximum atomic E-state index is 12.0. The Morgan fingerprint density at radius 3 is 2.39 bits per heavy atom. The Hall–Kier alpha value is -2.36. The van der Waals surface area contributed by atoms with E-state index in [2.05, 4.69) is 10.6 Å². The molecule has 0 aromatic heterocycles. The lowest BCUT2D eigenvalue weighted by atomic mass is 10.1. The van der Waals surface area contributed by atoms with Crippen LogP contribution in [-0.4, -0.2) is 43.4 Å². The number of alkyl carbamates (subject to hydrolysis) is 1. The molecule has 1 aliphatic rings. The summed E-state index contributed by atoms with van der Waals surface area (Å²) in [4.78, 5) is 22.7. The molecule has 0 atom stereocenters. The summed E-state index contributed by atoms with van der Waals surface area (Å²) in [7, 11) is -3.40. The summed E-state index contributed by atoms with van der Waals surface area (Å²) in [6, 6.07) is 2.84. The second kappa shape index (κ2) is 7.57. The Morgan fingerprint density at radius 1 is 1.32 bits per heavy atom. The summed E-state index contributed by atoms with van der Waals surface area (Å²) in [5.41, 5.74) is -0.0689. The van der Waals surface area contributed by atoms with E-state index in [1.165, 1.54) is 19.1 Å². The summed E-state index contributed by atoms with van der Waals surface area (Å²) in [6.45, 7) is 7.37. The Kier molecular flexibility index (Phi) is 5.93. The van der Waals surface area contributed by atoms with Crippen molar-refractivity contribution < 1.29 is 22.9 Å². The Balaban J connectivity index is 2.18. The molecular formula is C18H27N3O6S. The number of amides is 1. The van der Waals surface area contributed by atoms with E-state index in [9.17, 15) is 23.3 Å². The number of nitrogens with one attached hydrogen (secondary N) is 2. The minimum Gasteiger partial charge on any atom is -0.441 e. The van der Waals surface area contributed by atoms with E-state index >= 15 is 0 Å². The molecule has 1 aromatic rings. The molecule has 28 heavy (non-hydrogen) atoms. The van der Waals surface area contributed by atoms with Crippen LogP contribution >= 0.6 is 0 Å². The molecule has 1 saturated carbocycles. The number of nitro benzene ring substituents is 1. The second-order valence-electron chi connectivity index (χ2n) is 8.36. The maximum absolute atomic E-state index is 12.0. The number of anilines is 1. The van der Waals surface area contributed by atoms with Crippen molar-refractivity contribution in [3.05, 3.63) is 33.4 Å². The molecule has 0 saturated heterocycles. The molecule has 0 bridgehead atoms. The third kappa shape index (κ3) is 6.08. The van der Waals surface area contributed by atoms with Gasteiger partial charge in [-0.2, -0.15) is 0 Å². The smallest absolute Gasteiger partial charge is 0.408 e. The number of sulfone groups is 1. The van der Waals surface area contributed by atoms with Gasteiger partial charge >= 0.3 is 6.09 Å². The van der Waals surface area contributed by atoms with Gasteiger partial charge in [0.2, 0.25) is 0 Å². The Labute approximate surface area is 164 Å². The fourth-order valence-electron chi connectivity index (χ4n) is 2.80. The largest absolute Gasteiger partial charge is 0.441 e. The highest BCUT2D eigenvalue weighted by Gasteiger charge is 2.47. The van der Waals surface area contributed by atoms with Crippen molar-refractivity contribution in [2.75, 3.05) is 18.1 Å². The average Bonchev–Trinajstić information content (AvgIpc) is 3.24. The third-order valence-corrected chi connectivity index (χ3v) is 5.18. The molecule has 1 aromatic carbocycles. The van der Waals surface area contributed by atoms with Crippen LogP contribution in [0.15, 0.2) is 12.1 Å². The van der Waals surface area contributed by atoms with Crippen LogP contribution in [-0.2, 0) is 20.3 Å². The van der Waals surface area contributed by atoms with E-state index < -0.39 is 32.0 Å². The van der Waals surface area contributed by atoms with Crippen molar-refractivity contribution in [2.45, 2.75) is 57.4 Å². The van der Waals surface area contributed by atoms with Crippen LogP contribution < -0.4 is 10.6 Å². The lowest BCUT2D eigenvalue weighted by Gasteiger charge is -2.24. The van der Waals surface area contributed by atoms with Crippen molar-refractivity contribution >= 4 is 27.3 Å². The normalized spacial score (nSPS) is 15.6. The summed E-state index contributed by atoms with van der Waals surface area (Å²) >= 11 is 0. The lowest BCUT2D eigenvalue weighted by Crippen LogP contribution is -2.43. The minimum atomic E-state index is -3.40. The van der Waals surface area contributed by atoms with Gasteiger partial charge in [-0.05, 0) is 52.2 Å². The molecule has 156 valence electrons. The number of rotatable bonds is 7. The van der Waals surface area contributed by atoms with E-state index in [1.807, 2.05) is 20.8 Å². The fourth-order valence-corrected chi connectivity index (χ4v) is 3.69. The van der Waals surface area contributed by atoms with Gasteiger partial charge in [0.25, 0.3) is 5.69 Å². The first kappa shape index (κ1) is 21.9. The van der Waals surface area contributed by atoms with Crippen LogP contribution in [0.2, 0.25) is 0 Å². The van der Waals surface area contributed by atoms with Gasteiger partial charge in [0, 0.05) is 29.1 Å². The number of benzene rings is 1. The highest BCUT2D eigenvalue weighted by atomic mass is 32.2. The molecule has 0 radical (unpaired) electrons. The van der Waals surface area contributed by atoms with Crippen LogP contribution in [0.5, 0.6) is 0 Å². The number of carbonyl (C=O) groups is 1. The predicted molar refractivity (Wildman–Crippen MR) is 106 cm³/mol. The summed E-state index contributed by atoms with van der Waals surface area (Å²) in [5, 5.41) is 17.0. The molecule has 9 nitrogen and oxygen atoms in total. The number of nitro groups is 1. The van der Waals surface area contributed by atoms with E-state index in [4.69, 9.17) is 4.74 Å². The second-order valence-corrected chi connectivity index (χ2v) is 10.5. The average molecular weight is 413 g/mol. The predicted octanol–water partition coefficient (Wildman–Crippen LogP) is 2.92. The first-order valence-corrected chi connectivity index (χ1v) is 11.0. The molecule has 1 aliphatic carbocycles. The lowest BCUT2D eigenvalue weighted by molar-refractivity contribution is -0.385. The van der Waals surface area contributed by atoms with Crippen molar-refractivity contribution in [1.29, 1.82) is 0 Å². The molecule has 10 heteroatoms. The first-order valence-electron chi connectivity index (χ1n) is 8.91. The topological polar surface area (TPSA) is 128 Å². The molecule has 1 fully saturated rings. The summed E-state index contributed by atoms with van der Waals surface area (Å²) < 4.78 is 29.1. The molecule has 0 spiro atoms. The summed E-state index contributed by atoms with van der Waals surface area (Å²) in [5.74, 6) is -0.318. The zero-order valence-corrected chi connectivity index (χ0v) is 17.6. The number of ether oxygens (including phenoxy) is 1. The van der Waals surface area contributed by atoms with E-state index in [-0.39, 0.29) is 11.4 Å². The van der Waals surface area contributed by atoms with Gasteiger partial charge in [0.05, 0.1) is 17.2 Å². The minimum absolute atomic E-state index is 0.133. The molecule has 0 heterocycles. The highest BCUT2D eigenvalue weighted by molar-refractivity contribution is 7.89. The highest BCUT2D eigenvalue weighted by Crippen LogP contribution is 2.40. The van der Waals surface area contributed by atoms with Gasteiger partial charge in [-0.1, -0.05) is 0 Å². The zero-order valence-electron chi connectivity index (χ0n) is 16.8. The van der Waals surface area contributed by atoms with E-state index in [1.54, 1.807) is 0 Å². The number of carbonyl (C=O) groups excluding carboxylic acids is 1.